The maximum Gasteiger partial charge on any atom is 0.227 e. The van der Waals surface area contributed by atoms with Crippen LogP contribution in [0.3, 0.4) is 0 Å². The molecule has 0 saturated carbocycles. The van der Waals surface area contributed by atoms with Crippen LogP contribution in [-0.4, -0.2) is 33.0 Å². The molecule has 0 spiro atoms. The van der Waals surface area contributed by atoms with Crippen LogP contribution in [0.1, 0.15) is 20.3 Å². The van der Waals surface area contributed by atoms with Crippen LogP contribution >= 0.6 is 0 Å². The predicted molar refractivity (Wildman–Crippen MR) is 90.8 cm³/mol. The summed E-state index contributed by atoms with van der Waals surface area (Å²) in [5, 5.41) is 10.7. The normalized spacial score (nSPS) is 12.5. The monoisotopic (exact) mass is 330 g/mol. The van der Waals surface area contributed by atoms with Gasteiger partial charge in [-0.1, -0.05) is 13.0 Å². The smallest absolute Gasteiger partial charge is 0.227 e. The van der Waals surface area contributed by atoms with Crippen molar-refractivity contribution < 1.29 is 9.13 Å². The fourth-order valence-corrected chi connectivity index (χ4v) is 2.42. The van der Waals surface area contributed by atoms with E-state index in [2.05, 4.69) is 25.5 Å². The Bertz CT molecular complexity index is 850. The summed E-state index contributed by atoms with van der Waals surface area (Å²) in [6, 6.07) is 5.37. The summed E-state index contributed by atoms with van der Waals surface area (Å²) in [6.45, 7) is 4.41. The SMILES string of the molecule is CCOC(CC)Nc1nc(N)c(F)c(-c2ccc3[nH]ncc3c2)n1. The average molecular weight is 330 g/mol. The van der Waals surface area contributed by atoms with Gasteiger partial charge in [-0.25, -0.2) is 9.37 Å². The van der Waals surface area contributed by atoms with Gasteiger partial charge in [0.1, 0.15) is 11.9 Å². The minimum atomic E-state index is -0.646. The molecule has 4 N–H and O–H groups in total. The Morgan fingerprint density at radius 3 is 2.92 bits per heavy atom. The van der Waals surface area contributed by atoms with E-state index in [4.69, 9.17) is 10.5 Å². The Morgan fingerprint density at radius 1 is 1.33 bits per heavy atom. The Kier molecular flexibility index (Phi) is 4.57. The maximum atomic E-state index is 14.4. The van der Waals surface area contributed by atoms with Gasteiger partial charge in [-0.3, -0.25) is 5.10 Å². The number of fused-ring (bicyclic) bond motifs is 1. The van der Waals surface area contributed by atoms with Crippen LogP contribution in [0.15, 0.2) is 24.4 Å². The van der Waals surface area contributed by atoms with Crippen molar-refractivity contribution in [3.05, 3.63) is 30.2 Å². The topological polar surface area (TPSA) is 102 Å². The lowest BCUT2D eigenvalue weighted by molar-refractivity contribution is 0.0797. The fraction of sp³-hybridized carbons (Fsp3) is 0.312. The molecule has 0 radical (unpaired) electrons. The summed E-state index contributed by atoms with van der Waals surface area (Å²) < 4.78 is 19.9. The van der Waals surface area contributed by atoms with Crippen molar-refractivity contribution in [3.8, 4) is 11.3 Å². The molecule has 1 unspecified atom stereocenters. The lowest BCUT2D eigenvalue weighted by Gasteiger charge is -2.17. The molecule has 126 valence electrons. The summed E-state index contributed by atoms with van der Waals surface area (Å²) in [6.07, 6.45) is 2.12. The lowest BCUT2D eigenvalue weighted by atomic mass is 10.1. The van der Waals surface area contributed by atoms with E-state index in [9.17, 15) is 4.39 Å². The molecular formula is C16H19FN6O. The first-order valence-electron chi connectivity index (χ1n) is 7.77. The molecule has 3 aromatic rings. The van der Waals surface area contributed by atoms with Crippen molar-refractivity contribution in [1.82, 2.24) is 20.2 Å². The Morgan fingerprint density at radius 2 is 2.17 bits per heavy atom. The molecule has 0 amide bonds. The lowest BCUT2D eigenvalue weighted by Crippen LogP contribution is -2.24. The van der Waals surface area contributed by atoms with Gasteiger partial charge in [-0.15, -0.1) is 0 Å². The highest BCUT2D eigenvalue weighted by atomic mass is 19.1. The number of nitrogens with two attached hydrogens (primary N) is 1. The van der Waals surface area contributed by atoms with Gasteiger partial charge in [0.25, 0.3) is 0 Å². The van der Waals surface area contributed by atoms with Crippen LogP contribution in [0.5, 0.6) is 0 Å². The third-order valence-corrected chi connectivity index (χ3v) is 3.62. The van der Waals surface area contributed by atoms with E-state index in [1.807, 2.05) is 19.9 Å². The Labute approximate surface area is 138 Å². The van der Waals surface area contributed by atoms with Crippen LogP contribution in [-0.2, 0) is 4.74 Å². The van der Waals surface area contributed by atoms with Crippen LogP contribution in [0.25, 0.3) is 22.2 Å². The molecule has 7 nitrogen and oxygen atoms in total. The number of benzene rings is 1. The van der Waals surface area contributed by atoms with Crippen molar-refractivity contribution in [3.63, 3.8) is 0 Å². The minimum absolute atomic E-state index is 0.138. The van der Waals surface area contributed by atoms with Crippen LogP contribution in [0.4, 0.5) is 16.2 Å². The molecule has 0 fully saturated rings. The second-order valence-corrected chi connectivity index (χ2v) is 5.26. The van der Waals surface area contributed by atoms with E-state index < -0.39 is 5.82 Å². The van der Waals surface area contributed by atoms with Crippen molar-refractivity contribution >= 4 is 22.7 Å². The number of halogens is 1. The number of rotatable bonds is 6. The van der Waals surface area contributed by atoms with Gasteiger partial charge in [0.15, 0.2) is 11.6 Å². The van der Waals surface area contributed by atoms with E-state index >= 15 is 0 Å². The van der Waals surface area contributed by atoms with Gasteiger partial charge in [0.2, 0.25) is 5.95 Å². The quantitative estimate of drug-likeness (QED) is 0.601. The number of ether oxygens (including phenoxy) is 1. The molecule has 1 atom stereocenters. The van der Waals surface area contributed by atoms with Gasteiger partial charge in [0, 0.05) is 17.6 Å². The van der Waals surface area contributed by atoms with Crippen molar-refractivity contribution in [2.75, 3.05) is 17.7 Å². The first-order chi connectivity index (χ1) is 11.6. The molecule has 2 aromatic heterocycles. The van der Waals surface area contributed by atoms with Crippen molar-refractivity contribution in [2.45, 2.75) is 26.5 Å². The van der Waals surface area contributed by atoms with Gasteiger partial charge in [0.05, 0.1) is 11.7 Å². The summed E-state index contributed by atoms with van der Waals surface area (Å²) in [4.78, 5) is 8.24. The van der Waals surface area contributed by atoms with Crippen LogP contribution in [0.2, 0.25) is 0 Å². The Hall–Kier alpha value is -2.74. The molecule has 3 rings (SSSR count). The van der Waals surface area contributed by atoms with E-state index in [0.717, 1.165) is 10.9 Å². The van der Waals surface area contributed by atoms with Gasteiger partial charge in [-0.2, -0.15) is 10.1 Å². The summed E-state index contributed by atoms with van der Waals surface area (Å²) in [7, 11) is 0. The first-order valence-corrected chi connectivity index (χ1v) is 7.77. The summed E-state index contributed by atoms with van der Waals surface area (Å²) >= 11 is 0. The van der Waals surface area contributed by atoms with Crippen LogP contribution in [0, 0.1) is 5.82 Å². The molecule has 24 heavy (non-hydrogen) atoms. The number of nitrogens with zero attached hydrogens (tertiary/aromatic N) is 3. The third-order valence-electron chi connectivity index (χ3n) is 3.62. The van der Waals surface area contributed by atoms with Crippen molar-refractivity contribution in [2.24, 2.45) is 0 Å². The standard InChI is InChI=1S/C16H19FN6O/c1-3-12(24-4-2)20-16-21-14(13(17)15(18)22-16)9-5-6-11-10(7-9)8-19-23-11/h5-8,12H,3-4H2,1-2H3,(H,19,23)(H3,18,20,21,22). The predicted octanol–water partition coefficient (Wildman–Crippen LogP) is 2.93. The first kappa shape index (κ1) is 16.1. The molecule has 0 bridgehead atoms. The van der Waals surface area contributed by atoms with Gasteiger partial charge >= 0.3 is 0 Å². The van der Waals surface area contributed by atoms with Gasteiger partial charge in [-0.05, 0) is 25.5 Å². The second-order valence-electron chi connectivity index (χ2n) is 5.26. The summed E-state index contributed by atoms with van der Waals surface area (Å²) in [5.41, 5.74) is 7.32. The highest BCUT2D eigenvalue weighted by Gasteiger charge is 2.16. The zero-order chi connectivity index (χ0) is 17.1. The van der Waals surface area contributed by atoms with E-state index in [0.29, 0.717) is 18.6 Å². The third kappa shape index (κ3) is 3.13. The number of nitrogens with one attached hydrogen (secondary N) is 2. The minimum Gasteiger partial charge on any atom is -0.381 e. The Balaban J connectivity index is 2.00. The molecule has 8 heteroatoms. The number of hydrogen-bond acceptors (Lipinski definition) is 6. The van der Waals surface area contributed by atoms with Gasteiger partial charge < -0.3 is 15.8 Å². The fourth-order valence-electron chi connectivity index (χ4n) is 2.42. The maximum absolute atomic E-state index is 14.4. The molecule has 1 aromatic carbocycles. The second kappa shape index (κ2) is 6.79. The number of nitrogen functional groups attached to an aromatic ring is 1. The van der Waals surface area contributed by atoms with Crippen LogP contribution < -0.4 is 11.1 Å². The number of hydrogen-bond donors (Lipinski definition) is 3. The van der Waals surface area contributed by atoms with Crippen molar-refractivity contribution in [1.29, 1.82) is 0 Å². The number of aromatic nitrogens is 4. The van der Waals surface area contributed by atoms with E-state index in [-0.39, 0.29) is 23.7 Å². The average Bonchev–Trinajstić information content (AvgIpc) is 3.05. The molecule has 0 aliphatic carbocycles. The molecule has 2 heterocycles. The molecule has 0 saturated heterocycles. The highest BCUT2D eigenvalue weighted by molar-refractivity contribution is 5.83. The molecule has 0 aliphatic heterocycles. The number of aromatic amines is 1. The molecular weight excluding hydrogens is 311 g/mol. The molecule has 0 aliphatic rings. The highest BCUT2D eigenvalue weighted by Crippen LogP contribution is 2.27. The zero-order valence-electron chi connectivity index (χ0n) is 13.5. The van der Waals surface area contributed by atoms with E-state index in [1.165, 1.54) is 0 Å². The number of anilines is 2. The van der Waals surface area contributed by atoms with E-state index in [1.54, 1.807) is 18.3 Å². The zero-order valence-corrected chi connectivity index (χ0v) is 13.5. The number of H-pyrrole nitrogens is 1. The summed E-state index contributed by atoms with van der Waals surface area (Å²) in [5.74, 6) is -0.620. The largest absolute Gasteiger partial charge is 0.381 e.